The highest BCUT2D eigenvalue weighted by atomic mass is 35.5. The van der Waals surface area contributed by atoms with Gasteiger partial charge in [0, 0.05) is 28.6 Å². The first-order valence-corrected chi connectivity index (χ1v) is 8.35. The van der Waals surface area contributed by atoms with Crippen molar-refractivity contribution in [2.24, 2.45) is 0 Å². The molecule has 0 spiro atoms. The zero-order valence-corrected chi connectivity index (χ0v) is 14.9. The summed E-state index contributed by atoms with van der Waals surface area (Å²) in [5.74, 6) is 0. The molecular formula is C21H21ClN2. The van der Waals surface area contributed by atoms with Gasteiger partial charge in [0.05, 0.1) is 5.02 Å². The fraction of sp³-hybridized carbons (Fsp3) is 0.190. The molecule has 0 fully saturated rings. The number of halogens is 1. The molecule has 0 aliphatic rings. The number of nitrogen functional groups attached to an aromatic ring is 1. The Labute approximate surface area is 148 Å². The SMILES string of the molecule is CC(C)(C)c1cc(-c2cccc(-c3ccc(N)cc3Cl)c2)ccn1. The van der Waals surface area contributed by atoms with Crippen LogP contribution >= 0.6 is 11.6 Å². The lowest BCUT2D eigenvalue weighted by Gasteiger charge is -2.18. The minimum Gasteiger partial charge on any atom is -0.399 e. The van der Waals surface area contributed by atoms with E-state index in [-0.39, 0.29) is 5.41 Å². The highest BCUT2D eigenvalue weighted by Crippen LogP contribution is 2.33. The van der Waals surface area contributed by atoms with Gasteiger partial charge >= 0.3 is 0 Å². The molecule has 2 nitrogen and oxygen atoms in total. The molecule has 0 atom stereocenters. The first-order valence-electron chi connectivity index (χ1n) is 7.97. The molecule has 2 aromatic carbocycles. The highest BCUT2D eigenvalue weighted by molar-refractivity contribution is 6.33. The zero-order chi connectivity index (χ0) is 17.3. The average molecular weight is 337 g/mol. The molecule has 0 saturated heterocycles. The molecule has 0 bridgehead atoms. The third kappa shape index (κ3) is 3.44. The number of hydrogen-bond acceptors (Lipinski definition) is 2. The summed E-state index contributed by atoms with van der Waals surface area (Å²) in [6.07, 6.45) is 1.87. The van der Waals surface area contributed by atoms with Gasteiger partial charge in [-0.1, -0.05) is 56.6 Å². The lowest BCUT2D eigenvalue weighted by molar-refractivity contribution is 0.569. The molecule has 3 rings (SSSR count). The number of rotatable bonds is 2. The summed E-state index contributed by atoms with van der Waals surface area (Å²) >= 11 is 6.36. The summed E-state index contributed by atoms with van der Waals surface area (Å²) in [7, 11) is 0. The topological polar surface area (TPSA) is 38.9 Å². The van der Waals surface area contributed by atoms with Crippen LogP contribution in [0.3, 0.4) is 0 Å². The van der Waals surface area contributed by atoms with Gasteiger partial charge in [-0.2, -0.15) is 0 Å². The molecule has 0 aliphatic carbocycles. The van der Waals surface area contributed by atoms with Crippen molar-refractivity contribution in [2.45, 2.75) is 26.2 Å². The van der Waals surface area contributed by atoms with Crippen LogP contribution in [0.5, 0.6) is 0 Å². The molecule has 2 N–H and O–H groups in total. The third-order valence-corrected chi connectivity index (χ3v) is 4.34. The zero-order valence-electron chi connectivity index (χ0n) is 14.2. The van der Waals surface area contributed by atoms with Crippen molar-refractivity contribution in [1.29, 1.82) is 0 Å². The van der Waals surface area contributed by atoms with E-state index < -0.39 is 0 Å². The van der Waals surface area contributed by atoms with Gasteiger partial charge in [0.15, 0.2) is 0 Å². The fourth-order valence-corrected chi connectivity index (χ4v) is 2.95. The minimum absolute atomic E-state index is 0.0217. The largest absolute Gasteiger partial charge is 0.399 e. The van der Waals surface area contributed by atoms with E-state index in [2.05, 4.69) is 56.1 Å². The van der Waals surface area contributed by atoms with E-state index in [1.54, 1.807) is 6.07 Å². The van der Waals surface area contributed by atoms with E-state index in [1.807, 2.05) is 24.4 Å². The van der Waals surface area contributed by atoms with Crippen LogP contribution in [-0.4, -0.2) is 4.98 Å². The van der Waals surface area contributed by atoms with E-state index in [1.165, 1.54) is 0 Å². The second-order valence-corrected chi connectivity index (χ2v) is 7.41. The fourth-order valence-electron chi connectivity index (χ4n) is 2.65. The van der Waals surface area contributed by atoms with E-state index in [0.717, 1.165) is 27.9 Å². The van der Waals surface area contributed by atoms with Crippen LogP contribution < -0.4 is 5.73 Å². The summed E-state index contributed by atoms with van der Waals surface area (Å²) < 4.78 is 0. The Balaban J connectivity index is 2.05. The molecule has 122 valence electrons. The van der Waals surface area contributed by atoms with Gasteiger partial charge in [-0.15, -0.1) is 0 Å². The standard InChI is InChI=1S/C21H21ClN2/c1-21(2,3)20-12-15(9-10-24-20)14-5-4-6-16(11-14)18-8-7-17(23)13-19(18)22/h4-13H,23H2,1-3H3. The van der Waals surface area contributed by atoms with Crippen molar-refractivity contribution in [3.05, 3.63) is 71.5 Å². The van der Waals surface area contributed by atoms with E-state index in [0.29, 0.717) is 10.7 Å². The highest BCUT2D eigenvalue weighted by Gasteiger charge is 2.16. The lowest BCUT2D eigenvalue weighted by Crippen LogP contribution is -2.13. The summed E-state index contributed by atoms with van der Waals surface area (Å²) in [6, 6.07) is 18.2. The molecule has 1 heterocycles. The Morgan fingerprint density at radius 3 is 2.29 bits per heavy atom. The van der Waals surface area contributed by atoms with Gasteiger partial charge in [-0.3, -0.25) is 4.98 Å². The minimum atomic E-state index is 0.0217. The number of pyridine rings is 1. The number of aromatic nitrogens is 1. The Hall–Kier alpha value is -2.32. The van der Waals surface area contributed by atoms with Gasteiger partial charge in [-0.25, -0.2) is 0 Å². The van der Waals surface area contributed by atoms with Gasteiger partial charge in [0.1, 0.15) is 0 Å². The van der Waals surface area contributed by atoms with Crippen molar-refractivity contribution in [2.75, 3.05) is 5.73 Å². The van der Waals surface area contributed by atoms with Crippen LogP contribution in [0.2, 0.25) is 5.02 Å². The van der Waals surface area contributed by atoms with Crippen molar-refractivity contribution in [1.82, 2.24) is 4.98 Å². The molecule has 3 heteroatoms. The van der Waals surface area contributed by atoms with Crippen LogP contribution in [0.25, 0.3) is 22.3 Å². The first kappa shape index (κ1) is 16.5. The molecule has 0 aliphatic heterocycles. The Bertz CT molecular complexity index is 879. The molecular weight excluding hydrogens is 316 g/mol. The maximum atomic E-state index is 6.36. The predicted octanol–water partition coefficient (Wildman–Crippen LogP) is 5.95. The quantitative estimate of drug-likeness (QED) is 0.587. The summed E-state index contributed by atoms with van der Waals surface area (Å²) in [5.41, 5.74) is 11.9. The molecule has 0 amide bonds. The maximum Gasteiger partial charge on any atom is 0.0504 e. The Kier molecular flexibility index (Phi) is 4.33. The molecule has 24 heavy (non-hydrogen) atoms. The van der Waals surface area contributed by atoms with Crippen molar-refractivity contribution < 1.29 is 0 Å². The van der Waals surface area contributed by atoms with Gasteiger partial charge in [-0.05, 0) is 47.0 Å². The number of nitrogens with zero attached hydrogens (tertiary/aromatic N) is 1. The molecule has 0 saturated carbocycles. The van der Waals surface area contributed by atoms with Crippen molar-refractivity contribution >= 4 is 17.3 Å². The smallest absolute Gasteiger partial charge is 0.0504 e. The summed E-state index contributed by atoms with van der Waals surface area (Å²) in [6.45, 7) is 6.51. The Morgan fingerprint density at radius 1 is 0.875 bits per heavy atom. The number of anilines is 1. The molecule has 0 unspecified atom stereocenters. The number of benzene rings is 2. The molecule has 1 aromatic heterocycles. The predicted molar refractivity (Wildman–Crippen MR) is 103 cm³/mol. The third-order valence-electron chi connectivity index (χ3n) is 4.03. The summed E-state index contributed by atoms with van der Waals surface area (Å²) in [5, 5.41) is 0.664. The van der Waals surface area contributed by atoms with Crippen molar-refractivity contribution in [3.8, 4) is 22.3 Å². The number of nitrogens with two attached hydrogens (primary N) is 1. The van der Waals surface area contributed by atoms with Crippen LogP contribution in [-0.2, 0) is 5.41 Å². The maximum absolute atomic E-state index is 6.36. The van der Waals surface area contributed by atoms with E-state index in [4.69, 9.17) is 17.3 Å². The van der Waals surface area contributed by atoms with Crippen LogP contribution in [0.1, 0.15) is 26.5 Å². The molecule has 0 radical (unpaired) electrons. The summed E-state index contributed by atoms with van der Waals surface area (Å²) in [4.78, 5) is 4.51. The number of hydrogen-bond donors (Lipinski definition) is 1. The van der Waals surface area contributed by atoms with E-state index >= 15 is 0 Å². The Morgan fingerprint density at radius 2 is 1.58 bits per heavy atom. The van der Waals surface area contributed by atoms with Crippen LogP contribution in [0.15, 0.2) is 60.8 Å². The second kappa shape index (κ2) is 6.29. The van der Waals surface area contributed by atoms with Crippen LogP contribution in [0.4, 0.5) is 5.69 Å². The molecule has 3 aromatic rings. The first-order chi connectivity index (χ1) is 11.3. The monoisotopic (exact) mass is 336 g/mol. The lowest BCUT2D eigenvalue weighted by atomic mass is 9.89. The average Bonchev–Trinajstić information content (AvgIpc) is 2.54. The normalized spacial score (nSPS) is 11.5. The van der Waals surface area contributed by atoms with Gasteiger partial charge < -0.3 is 5.73 Å². The van der Waals surface area contributed by atoms with E-state index in [9.17, 15) is 0 Å². The van der Waals surface area contributed by atoms with Gasteiger partial charge in [0.2, 0.25) is 0 Å². The second-order valence-electron chi connectivity index (χ2n) is 7.00. The van der Waals surface area contributed by atoms with Gasteiger partial charge in [0.25, 0.3) is 0 Å². The van der Waals surface area contributed by atoms with Crippen LogP contribution in [0, 0.1) is 0 Å². The van der Waals surface area contributed by atoms with Crippen molar-refractivity contribution in [3.63, 3.8) is 0 Å².